The molecule has 18 nitrogen and oxygen atoms in total. The second kappa shape index (κ2) is 16.5. The van der Waals surface area contributed by atoms with Gasteiger partial charge in [-0.3, -0.25) is 4.79 Å². The van der Waals surface area contributed by atoms with Gasteiger partial charge in [-0.05, 0) is 117 Å². The third kappa shape index (κ3) is 7.44. The van der Waals surface area contributed by atoms with Crippen molar-refractivity contribution in [3.05, 3.63) is 0 Å². The average Bonchev–Trinajstić information content (AvgIpc) is 3.58. The van der Waals surface area contributed by atoms with Crippen LogP contribution in [-0.2, 0) is 42.7 Å². The molecule has 65 heavy (non-hydrogen) atoms. The Morgan fingerprint density at radius 3 is 1.83 bits per heavy atom. The molecule has 9 N–H and O–H groups in total. The summed E-state index contributed by atoms with van der Waals surface area (Å²) in [7, 11) is 0. The van der Waals surface area contributed by atoms with Crippen LogP contribution < -0.4 is 0 Å². The van der Waals surface area contributed by atoms with Crippen LogP contribution in [0.15, 0.2) is 0 Å². The van der Waals surface area contributed by atoms with Crippen molar-refractivity contribution in [1.29, 1.82) is 0 Å². The van der Waals surface area contributed by atoms with Gasteiger partial charge < -0.3 is 83.9 Å². The molecule has 18 heteroatoms. The lowest BCUT2D eigenvalue weighted by molar-refractivity contribution is -0.359. The summed E-state index contributed by atoms with van der Waals surface area (Å²) >= 11 is 0. The molecular weight excluding hydrogens is 852 g/mol. The second-order valence-electron chi connectivity index (χ2n) is 23.6. The monoisotopic (exact) mass is 929 g/mol. The normalized spacial score (nSPS) is 56.2. The number of ether oxygens (including phenoxy) is 8. The topological polar surface area (TPSA) is 273 Å². The van der Waals surface area contributed by atoms with E-state index in [4.69, 9.17) is 37.9 Å². The Labute approximate surface area is 381 Å². The van der Waals surface area contributed by atoms with Crippen molar-refractivity contribution in [2.45, 2.75) is 223 Å². The summed E-state index contributed by atoms with van der Waals surface area (Å²) in [5.74, 6) is -1.02. The van der Waals surface area contributed by atoms with Gasteiger partial charge in [0, 0.05) is 12.8 Å². The van der Waals surface area contributed by atoms with Crippen molar-refractivity contribution < 1.29 is 88.6 Å². The van der Waals surface area contributed by atoms with Gasteiger partial charge in [-0.1, -0.05) is 27.7 Å². The largest absolute Gasteiger partial charge is 0.457 e. The van der Waals surface area contributed by atoms with Crippen LogP contribution in [0.2, 0.25) is 0 Å². The molecule has 4 saturated heterocycles. The highest BCUT2D eigenvalue weighted by Gasteiger charge is 2.85. The minimum atomic E-state index is -1.69. The van der Waals surface area contributed by atoms with Gasteiger partial charge in [0.25, 0.3) is 0 Å². The van der Waals surface area contributed by atoms with Crippen LogP contribution >= 0.6 is 0 Å². The maximum absolute atomic E-state index is 12.4. The standard InChI is InChI=1S/C47H76O18/c1-21(48)61-34-25(52)19-60-40(35(34)64-39-33(56)31(54)24(51)18-59-39)63-28-10-12-47-20-46(47)14-13-43(6)36(45(8)11-9-29(65-45)42(4,5)57)22(49)16-44(43,7)27(46)15-26(37(47)41(28,2)3)62-38-32(55)30(53)23(50)17-58-38/h22-40,49-57H,9-20H2,1-8H3/t22-,23-,24-,25+,26-,27-,28+,29-,30-,31-,32-,33-,34+,35+,36+,37+,38-,39-,40+,43+,44-,45-,46-,47+/m0/s1. The number of hydrogen-bond acceptors (Lipinski definition) is 18. The molecule has 24 atom stereocenters. The van der Waals surface area contributed by atoms with Crippen LogP contribution in [0, 0.1) is 44.8 Å². The lowest BCUT2D eigenvalue weighted by Gasteiger charge is -2.65. The molecule has 372 valence electrons. The molecule has 0 amide bonds. The number of carbonyl (C=O) groups is 1. The number of fused-ring (bicyclic) bond motifs is 2. The predicted octanol–water partition coefficient (Wildman–Crippen LogP) is 0.397. The quantitative estimate of drug-likeness (QED) is 0.112. The fraction of sp³-hybridized carbons (Fsp3) is 0.979. The summed E-state index contributed by atoms with van der Waals surface area (Å²) in [6.07, 6.45) is -12.5. The van der Waals surface area contributed by atoms with Crippen LogP contribution in [0.25, 0.3) is 0 Å². The van der Waals surface area contributed by atoms with Crippen molar-refractivity contribution in [2.24, 2.45) is 44.8 Å². The molecule has 0 radical (unpaired) electrons. The molecule has 5 aliphatic carbocycles. The maximum Gasteiger partial charge on any atom is 0.303 e. The minimum absolute atomic E-state index is 0.0791. The van der Waals surface area contributed by atoms with Crippen LogP contribution in [0.3, 0.4) is 0 Å². The third-order valence-corrected chi connectivity index (χ3v) is 19.2. The highest BCUT2D eigenvalue weighted by Crippen LogP contribution is 2.89. The van der Waals surface area contributed by atoms with E-state index >= 15 is 0 Å². The first-order valence-corrected chi connectivity index (χ1v) is 24.1. The van der Waals surface area contributed by atoms with Crippen LogP contribution in [0.4, 0.5) is 0 Å². The van der Waals surface area contributed by atoms with Crippen molar-refractivity contribution in [2.75, 3.05) is 19.8 Å². The van der Waals surface area contributed by atoms with E-state index in [-0.39, 0.29) is 65.3 Å². The second-order valence-corrected chi connectivity index (χ2v) is 23.6. The molecule has 9 fully saturated rings. The van der Waals surface area contributed by atoms with Gasteiger partial charge in [-0.15, -0.1) is 0 Å². The molecule has 0 aromatic heterocycles. The van der Waals surface area contributed by atoms with Crippen LogP contribution in [0.1, 0.15) is 113 Å². The number of hydrogen-bond donors (Lipinski definition) is 9. The Morgan fingerprint density at radius 2 is 1.23 bits per heavy atom. The smallest absolute Gasteiger partial charge is 0.303 e. The highest BCUT2D eigenvalue weighted by atomic mass is 16.8. The Hall–Kier alpha value is -1.17. The minimum Gasteiger partial charge on any atom is -0.457 e. The van der Waals surface area contributed by atoms with Crippen molar-refractivity contribution >= 4 is 5.97 Å². The lowest BCUT2D eigenvalue weighted by atomic mass is 9.41. The van der Waals surface area contributed by atoms with E-state index in [9.17, 15) is 50.8 Å². The molecule has 0 bridgehead atoms. The van der Waals surface area contributed by atoms with Crippen molar-refractivity contribution in [1.82, 2.24) is 0 Å². The maximum atomic E-state index is 12.4. The van der Waals surface area contributed by atoms with Gasteiger partial charge in [0.15, 0.2) is 31.1 Å². The molecule has 0 aromatic rings. The first kappa shape index (κ1) is 48.8. The van der Waals surface area contributed by atoms with E-state index in [1.165, 1.54) is 6.92 Å². The molecule has 9 rings (SSSR count). The summed E-state index contributed by atoms with van der Waals surface area (Å²) in [5, 5.41) is 98.3. The zero-order valence-electron chi connectivity index (χ0n) is 39.2. The molecule has 0 unspecified atom stereocenters. The molecule has 5 saturated carbocycles. The SMILES string of the molecule is CC(=O)O[C@H]1[C@@H](O[C@@H]2OC[C@H](O)[C@H](O)[C@@H]2O)[C@@H](O[C@@H]2CC[C@]34C[C@]35CC[C@]3(C)[C@H]([C@]6(C)CC[C@@H](C(C)(C)O)O6)[C@@H](O)C[C@@]3(C)[C@@H]5C[C@H](O[C@@H]3OC[C@H](O)[C@H](O)[C@@H]3O)[C@@H]4C2(C)C)OC[C@H]1O. The number of carbonyl (C=O) groups excluding carboxylic acids is 1. The van der Waals surface area contributed by atoms with E-state index in [0.717, 1.165) is 32.1 Å². The Bertz CT molecular complexity index is 1780. The van der Waals surface area contributed by atoms with Crippen molar-refractivity contribution in [3.63, 3.8) is 0 Å². The van der Waals surface area contributed by atoms with E-state index in [0.29, 0.717) is 25.7 Å². The molecule has 0 aromatic carbocycles. The summed E-state index contributed by atoms with van der Waals surface area (Å²) < 4.78 is 50.1. The Morgan fingerprint density at radius 1 is 0.631 bits per heavy atom. The predicted molar refractivity (Wildman–Crippen MR) is 224 cm³/mol. The van der Waals surface area contributed by atoms with Gasteiger partial charge in [-0.2, -0.15) is 0 Å². The summed E-state index contributed by atoms with van der Waals surface area (Å²) in [6.45, 7) is 14.9. The number of aliphatic hydroxyl groups is 9. The van der Waals surface area contributed by atoms with Crippen LogP contribution in [0.5, 0.6) is 0 Å². The van der Waals surface area contributed by atoms with E-state index in [1.54, 1.807) is 13.8 Å². The zero-order valence-corrected chi connectivity index (χ0v) is 39.2. The summed E-state index contributed by atoms with van der Waals surface area (Å²) in [6, 6.07) is 0. The molecule has 4 aliphatic heterocycles. The first-order chi connectivity index (χ1) is 30.2. The number of esters is 1. The van der Waals surface area contributed by atoms with Crippen LogP contribution in [-0.4, -0.2) is 181 Å². The average molecular weight is 929 g/mol. The van der Waals surface area contributed by atoms with Gasteiger partial charge >= 0.3 is 5.97 Å². The Balaban J connectivity index is 1.04. The van der Waals surface area contributed by atoms with E-state index < -0.39 is 115 Å². The molecule has 4 heterocycles. The van der Waals surface area contributed by atoms with Gasteiger partial charge in [0.2, 0.25) is 0 Å². The fourth-order valence-corrected chi connectivity index (χ4v) is 16.1. The summed E-state index contributed by atoms with van der Waals surface area (Å²) in [5.41, 5.74) is -3.47. The Kier molecular flexibility index (Phi) is 12.4. The summed E-state index contributed by atoms with van der Waals surface area (Å²) in [4.78, 5) is 12.4. The first-order valence-electron chi connectivity index (χ1n) is 24.1. The highest BCUT2D eigenvalue weighted by molar-refractivity contribution is 5.66. The van der Waals surface area contributed by atoms with E-state index in [2.05, 4.69) is 34.6 Å². The van der Waals surface area contributed by atoms with Gasteiger partial charge in [0.1, 0.15) is 42.7 Å². The zero-order chi connectivity index (χ0) is 47.2. The lowest BCUT2D eigenvalue weighted by Crippen LogP contribution is -2.65. The third-order valence-electron chi connectivity index (χ3n) is 19.2. The van der Waals surface area contributed by atoms with E-state index in [1.807, 2.05) is 0 Å². The molecular formula is C47H76O18. The molecule has 2 spiro atoms. The van der Waals surface area contributed by atoms with Gasteiger partial charge in [-0.25, -0.2) is 0 Å². The fourth-order valence-electron chi connectivity index (χ4n) is 16.1. The van der Waals surface area contributed by atoms with Crippen molar-refractivity contribution in [3.8, 4) is 0 Å². The van der Waals surface area contributed by atoms with Gasteiger partial charge in [0.05, 0.1) is 55.4 Å². The molecule has 9 aliphatic rings. The number of aliphatic hydroxyl groups excluding tert-OH is 8. The number of rotatable bonds is 9.